The molecule has 1 fully saturated rings. The summed E-state index contributed by atoms with van der Waals surface area (Å²) in [6.07, 6.45) is 2.45. The number of carbonyl (C=O) groups is 1. The number of benzene rings is 1. The zero-order valence-electron chi connectivity index (χ0n) is 11.3. The predicted molar refractivity (Wildman–Crippen MR) is 76.9 cm³/mol. The smallest absolute Gasteiger partial charge is 0.176 e. The molecule has 1 aliphatic rings. The Balaban J connectivity index is 1.91. The van der Waals surface area contributed by atoms with E-state index in [1.165, 1.54) is 0 Å². The molecule has 0 N–H and O–H groups in total. The number of ether oxygens (including phenoxy) is 1. The standard InChI is InChI=1S/C15H20ClNO2/c1-2-19-14-7-4-8-17(10-14)11-15(18)12-5-3-6-13(16)9-12/h3,5-6,9,14H,2,4,7-8,10-11H2,1H3. The average Bonchev–Trinajstić information content (AvgIpc) is 2.39. The number of hydrogen-bond acceptors (Lipinski definition) is 3. The Bertz CT molecular complexity index is 434. The van der Waals surface area contributed by atoms with Crippen LogP contribution in [0.2, 0.25) is 5.02 Å². The molecule has 1 saturated heterocycles. The van der Waals surface area contributed by atoms with Gasteiger partial charge in [-0.15, -0.1) is 0 Å². The summed E-state index contributed by atoms with van der Waals surface area (Å²) in [5.74, 6) is 0.125. The van der Waals surface area contributed by atoms with Crippen LogP contribution in [0.15, 0.2) is 24.3 Å². The van der Waals surface area contributed by atoms with Crippen LogP contribution in [0.4, 0.5) is 0 Å². The maximum Gasteiger partial charge on any atom is 0.176 e. The van der Waals surface area contributed by atoms with Gasteiger partial charge in [0.05, 0.1) is 12.6 Å². The van der Waals surface area contributed by atoms with Crippen molar-refractivity contribution < 1.29 is 9.53 Å². The average molecular weight is 282 g/mol. The molecule has 19 heavy (non-hydrogen) atoms. The lowest BCUT2D eigenvalue weighted by Gasteiger charge is -2.31. The van der Waals surface area contributed by atoms with Crippen molar-refractivity contribution in [3.63, 3.8) is 0 Å². The summed E-state index contributed by atoms with van der Waals surface area (Å²) in [5.41, 5.74) is 0.686. The van der Waals surface area contributed by atoms with Crippen LogP contribution in [0.1, 0.15) is 30.1 Å². The Labute approximate surface area is 119 Å². The molecule has 0 saturated carbocycles. The zero-order chi connectivity index (χ0) is 13.7. The molecular formula is C15H20ClNO2. The van der Waals surface area contributed by atoms with Crippen molar-refractivity contribution in [2.75, 3.05) is 26.2 Å². The van der Waals surface area contributed by atoms with Crippen LogP contribution in [-0.2, 0) is 4.74 Å². The largest absolute Gasteiger partial charge is 0.377 e. The highest BCUT2D eigenvalue weighted by atomic mass is 35.5. The Kier molecular flexibility index (Phi) is 5.37. The highest BCUT2D eigenvalue weighted by Gasteiger charge is 2.22. The van der Waals surface area contributed by atoms with Gasteiger partial charge in [-0.3, -0.25) is 9.69 Å². The fourth-order valence-electron chi connectivity index (χ4n) is 2.48. The van der Waals surface area contributed by atoms with Gasteiger partial charge in [0.2, 0.25) is 0 Å². The number of hydrogen-bond donors (Lipinski definition) is 0. The van der Waals surface area contributed by atoms with Crippen LogP contribution in [0.25, 0.3) is 0 Å². The third-order valence-electron chi connectivity index (χ3n) is 3.38. The Morgan fingerprint density at radius 2 is 2.37 bits per heavy atom. The van der Waals surface area contributed by atoms with Crippen LogP contribution in [0.5, 0.6) is 0 Å². The first-order chi connectivity index (χ1) is 9.19. The maximum atomic E-state index is 12.2. The van der Waals surface area contributed by atoms with Crippen LogP contribution in [0.3, 0.4) is 0 Å². The molecule has 4 heteroatoms. The van der Waals surface area contributed by atoms with Crippen molar-refractivity contribution in [3.05, 3.63) is 34.9 Å². The van der Waals surface area contributed by atoms with Gasteiger partial charge in [-0.1, -0.05) is 23.7 Å². The summed E-state index contributed by atoms with van der Waals surface area (Å²) in [6.45, 7) is 5.01. The van der Waals surface area contributed by atoms with E-state index in [9.17, 15) is 4.79 Å². The SMILES string of the molecule is CCOC1CCCN(CC(=O)c2cccc(Cl)c2)C1. The minimum absolute atomic E-state index is 0.125. The third-order valence-corrected chi connectivity index (χ3v) is 3.61. The first-order valence-electron chi connectivity index (χ1n) is 6.81. The van der Waals surface area contributed by atoms with Crippen molar-refractivity contribution in [2.24, 2.45) is 0 Å². The van der Waals surface area contributed by atoms with Gasteiger partial charge in [0.25, 0.3) is 0 Å². The van der Waals surface area contributed by atoms with E-state index in [4.69, 9.17) is 16.3 Å². The molecule has 1 unspecified atom stereocenters. The molecule has 3 nitrogen and oxygen atoms in total. The van der Waals surface area contributed by atoms with E-state index in [0.29, 0.717) is 17.1 Å². The van der Waals surface area contributed by atoms with Gasteiger partial charge < -0.3 is 4.74 Å². The predicted octanol–water partition coefficient (Wildman–Crippen LogP) is 3.02. The Morgan fingerprint density at radius 3 is 3.11 bits per heavy atom. The van der Waals surface area contributed by atoms with E-state index in [-0.39, 0.29) is 11.9 Å². The monoisotopic (exact) mass is 281 g/mol. The molecule has 1 aromatic carbocycles. The molecule has 1 atom stereocenters. The molecule has 1 aromatic rings. The molecule has 104 valence electrons. The lowest BCUT2D eigenvalue weighted by molar-refractivity contribution is 0.00718. The molecule has 0 aliphatic carbocycles. The molecule has 1 heterocycles. The van der Waals surface area contributed by atoms with E-state index in [2.05, 4.69) is 4.90 Å². The number of Topliss-reactive ketones (excluding diaryl/α,β-unsaturated/α-hetero) is 1. The second-order valence-electron chi connectivity index (χ2n) is 4.89. The first-order valence-corrected chi connectivity index (χ1v) is 7.19. The highest BCUT2D eigenvalue weighted by Crippen LogP contribution is 2.15. The summed E-state index contributed by atoms with van der Waals surface area (Å²) in [5, 5.41) is 0.608. The minimum atomic E-state index is 0.125. The van der Waals surface area contributed by atoms with Crippen molar-refractivity contribution in [1.82, 2.24) is 4.90 Å². The molecule has 0 radical (unpaired) electrons. The van der Waals surface area contributed by atoms with Crippen molar-refractivity contribution >= 4 is 17.4 Å². The normalized spacial score (nSPS) is 20.4. The van der Waals surface area contributed by atoms with E-state index in [0.717, 1.165) is 32.5 Å². The van der Waals surface area contributed by atoms with Gasteiger partial charge in [0, 0.05) is 23.7 Å². The fraction of sp³-hybridized carbons (Fsp3) is 0.533. The summed E-state index contributed by atoms with van der Waals surface area (Å²) in [4.78, 5) is 14.4. The number of carbonyl (C=O) groups excluding carboxylic acids is 1. The van der Waals surface area contributed by atoms with Gasteiger partial charge in [-0.05, 0) is 38.4 Å². The highest BCUT2D eigenvalue weighted by molar-refractivity contribution is 6.31. The van der Waals surface area contributed by atoms with Crippen LogP contribution >= 0.6 is 11.6 Å². The van der Waals surface area contributed by atoms with Gasteiger partial charge in [-0.2, -0.15) is 0 Å². The Hall–Kier alpha value is -0.900. The van der Waals surface area contributed by atoms with E-state index >= 15 is 0 Å². The van der Waals surface area contributed by atoms with Gasteiger partial charge in [0.15, 0.2) is 5.78 Å². The number of likely N-dealkylation sites (tertiary alicyclic amines) is 1. The molecule has 0 bridgehead atoms. The molecule has 0 spiro atoms. The number of rotatable bonds is 5. The molecule has 1 aliphatic heterocycles. The second kappa shape index (κ2) is 7.04. The summed E-state index contributed by atoms with van der Waals surface area (Å²) >= 11 is 5.91. The summed E-state index contributed by atoms with van der Waals surface area (Å²) in [7, 11) is 0. The fourth-order valence-corrected chi connectivity index (χ4v) is 2.68. The maximum absolute atomic E-state index is 12.2. The van der Waals surface area contributed by atoms with Crippen LogP contribution < -0.4 is 0 Å². The van der Waals surface area contributed by atoms with Crippen LogP contribution in [-0.4, -0.2) is 43.0 Å². The molecular weight excluding hydrogens is 262 g/mol. The van der Waals surface area contributed by atoms with Gasteiger partial charge in [-0.25, -0.2) is 0 Å². The van der Waals surface area contributed by atoms with E-state index < -0.39 is 0 Å². The summed E-state index contributed by atoms with van der Waals surface area (Å²) < 4.78 is 5.65. The van der Waals surface area contributed by atoms with Gasteiger partial charge >= 0.3 is 0 Å². The number of ketones is 1. The molecule has 2 rings (SSSR count). The Morgan fingerprint density at radius 1 is 1.53 bits per heavy atom. The third kappa shape index (κ3) is 4.30. The topological polar surface area (TPSA) is 29.5 Å². The molecule has 0 aromatic heterocycles. The number of halogens is 1. The zero-order valence-corrected chi connectivity index (χ0v) is 12.0. The number of piperidine rings is 1. The second-order valence-corrected chi connectivity index (χ2v) is 5.32. The van der Waals surface area contributed by atoms with E-state index in [1.807, 2.05) is 19.1 Å². The van der Waals surface area contributed by atoms with E-state index in [1.54, 1.807) is 12.1 Å². The van der Waals surface area contributed by atoms with Crippen molar-refractivity contribution in [1.29, 1.82) is 0 Å². The molecule has 0 amide bonds. The number of nitrogens with zero attached hydrogens (tertiary/aromatic N) is 1. The van der Waals surface area contributed by atoms with Crippen molar-refractivity contribution in [3.8, 4) is 0 Å². The minimum Gasteiger partial charge on any atom is -0.377 e. The van der Waals surface area contributed by atoms with Crippen LogP contribution in [0, 0.1) is 0 Å². The van der Waals surface area contributed by atoms with Crippen molar-refractivity contribution in [2.45, 2.75) is 25.9 Å². The first kappa shape index (κ1) is 14.5. The van der Waals surface area contributed by atoms with Gasteiger partial charge in [0.1, 0.15) is 0 Å². The summed E-state index contributed by atoms with van der Waals surface area (Å²) in [6, 6.07) is 7.14. The quantitative estimate of drug-likeness (QED) is 0.777. The lowest BCUT2D eigenvalue weighted by atomic mass is 10.1. The lowest BCUT2D eigenvalue weighted by Crippen LogP contribution is -2.42.